The maximum absolute atomic E-state index is 6.46. The molecule has 0 aromatic carbocycles. The van der Waals surface area contributed by atoms with Crippen LogP contribution in [0.3, 0.4) is 0 Å². The van der Waals surface area contributed by atoms with E-state index in [0.29, 0.717) is 6.10 Å². The molecule has 0 amide bonds. The molecule has 3 atom stereocenters. The van der Waals surface area contributed by atoms with Crippen molar-refractivity contribution in [3.05, 3.63) is 0 Å². The monoisotopic (exact) mass is 304 g/mol. The van der Waals surface area contributed by atoms with Crippen LogP contribution in [0.25, 0.3) is 0 Å². The standard InChI is InChI=1S/C14H25BrO2/c1-11-3-4-13(9-12(11)2)17-14(10-15)5-7-16-8-6-14/h11-13H,3-10H2,1-2H3. The Kier molecular flexibility index (Phi) is 4.90. The molecule has 2 fully saturated rings. The zero-order valence-electron chi connectivity index (χ0n) is 11.1. The first-order valence-corrected chi connectivity index (χ1v) is 8.09. The highest BCUT2D eigenvalue weighted by atomic mass is 79.9. The zero-order valence-corrected chi connectivity index (χ0v) is 12.7. The number of halogens is 1. The van der Waals surface area contributed by atoms with Crippen molar-refractivity contribution in [3.8, 4) is 0 Å². The van der Waals surface area contributed by atoms with Crippen molar-refractivity contribution in [1.82, 2.24) is 0 Å². The Labute approximate surface area is 114 Å². The van der Waals surface area contributed by atoms with Gasteiger partial charge in [0, 0.05) is 31.4 Å². The van der Waals surface area contributed by atoms with E-state index in [1.807, 2.05) is 0 Å². The Morgan fingerprint density at radius 1 is 1.18 bits per heavy atom. The SMILES string of the molecule is CC1CCC(OC2(CBr)CCOCC2)CC1C. The minimum atomic E-state index is 0.0449. The lowest BCUT2D eigenvalue weighted by Gasteiger charge is -2.42. The van der Waals surface area contributed by atoms with E-state index in [1.54, 1.807) is 0 Å². The third kappa shape index (κ3) is 3.45. The van der Waals surface area contributed by atoms with Crippen LogP contribution >= 0.6 is 15.9 Å². The van der Waals surface area contributed by atoms with E-state index >= 15 is 0 Å². The number of rotatable bonds is 3. The molecule has 0 N–H and O–H groups in total. The molecule has 3 unspecified atom stereocenters. The van der Waals surface area contributed by atoms with Gasteiger partial charge in [0.1, 0.15) is 0 Å². The molecule has 2 aliphatic rings. The van der Waals surface area contributed by atoms with Gasteiger partial charge >= 0.3 is 0 Å². The Balaban J connectivity index is 1.90. The van der Waals surface area contributed by atoms with Crippen LogP contribution in [0, 0.1) is 11.8 Å². The van der Waals surface area contributed by atoms with Gasteiger partial charge in [-0.2, -0.15) is 0 Å². The minimum absolute atomic E-state index is 0.0449. The smallest absolute Gasteiger partial charge is 0.0826 e. The quantitative estimate of drug-likeness (QED) is 0.739. The van der Waals surface area contributed by atoms with Gasteiger partial charge in [0.25, 0.3) is 0 Å². The van der Waals surface area contributed by atoms with Crippen molar-refractivity contribution < 1.29 is 9.47 Å². The van der Waals surface area contributed by atoms with Crippen molar-refractivity contribution in [2.45, 2.75) is 57.7 Å². The predicted molar refractivity (Wildman–Crippen MR) is 73.6 cm³/mol. The van der Waals surface area contributed by atoms with Crippen LogP contribution in [0.4, 0.5) is 0 Å². The molecular weight excluding hydrogens is 280 g/mol. The van der Waals surface area contributed by atoms with Crippen LogP contribution in [0.5, 0.6) is 0 Å². The first-order chi connectivity index (χ1) is 8.15. The van der Waals surface area contributed by atoms with Crippen molar-refractivity contribution in [3.63, 3.8) is 0 Å². The molecule has 3 heteroatoms. The molecular formula is C14H25BrO2. The van der Waals surface area contributed by atoms with E-state index in [2.05, 4.69) is 29.8 Å². The second-order valence-electron chi connectivity index (χ2n) is 5.94. The largest absolute Gasteiger partial charge is 0.381 e. The van der Waals surface area contributed by atoms with E-state index in [4.69, 9.17) is 9.47 Å². The summed E-state index contributed by atoms with van der Waals surface area (Å²) in [6, 6.07) is 0. The fraction of sp³-hybridized carbons (Fsp3) is 1.00. The van der Waals surface area contributed by atoms with Gasteiger partial charge in [-0.3, -0.25) is 0 Å². The van der Waals surface area contributed by atoms with Gasteiger partial charge in [-0.25, -0.2) is 0 Å². The van der Waals surface area contributed by atoms with E-state index in [1.165, 1.54) is 19.3 Å². The second-order valence-corrected chi connectivity index (χ2v) is 6.50. The normalized spacial score (nSPS) is 37.9. The molecule has 0 aromatic rings. The van der Waals surface area contributed by atoms with Crippen molar-refractivity contribution in [1.29, 1.82) is 0 Å². The predicted octanol–water partition coefficient (Wildman–Crippen LogP) is 3.77. The highest BCUT2D eigenvalue weighted by molar-refractivity contribution is 9.09. The van der Waals surface area contributed by atoms with Crippen LogP contribution in [0.2, 0.25) is 0 Å². The molecule has 100 valence electrons. The fourth-order valence-electron chi connectivity index (χ4n) is 2.99. The highest BCUT2D eigenvalue weighted by Crippen LogP contribution is 2.36. The molecule has 0 aromatic heterocycles. The molecule has 1 heterocycles. The van der Waals surface area contributed by atoms with E-state index in [-0.39, 0.29) is 5.60 Å². The average Bonchev–Trinajstić information content (AvgIpc) is 2.35. The summed E-state index contributed by atoms with van der Waals surface area (Å²) in [5, 5.41) is 0.948. The molecule has 17 heavy (non-hydrogen) atoms. The lowest BCUT2D eigenvalue weighted by atomic mass is 9.80. The van der Waals surface area contributed by atoms with Gasteiger partial charge in [0.2, 0.25) is 0 Å². The lowest BCUT2D eigenvalue weighted by molar-refractivity contribution is -0.143. The molecule has 2 rings (SSSR count). The fourth-order valence-corrected chi connectivity index (χ4v) is 3.68. The first kappa shape index (κ1) is 13.8. The third-order valence-electron chi connectivity index (χ3n) is 4.61. The molecule has 0 radical (unpaired) electrons. The molecule has 1 aliphatic carbocycles. The molecule has 0 bridgehead atoms. The summed E-state index contributed by atoms with van der Waals surface area (Å²) in [6.07, 6.45) is 6.34. The van der Waals surface area contributed by atoms with Crippen molar-refractivity contribution in [2.24, 2.45) is 11.8 Å². The second kappa shape index (κ2) is 6.03. The van der Waals surface area contributed by atoms with E-state index < -0.39 is 0 Å². The van der Waals surface area contributed by atoms with Gasteiger partial charge in [-0.05, 0) is 31.1 Å². The van der Waals surface area contributed by atoms with Crippen LogP contribution in [0.1, 0.15) is 46.0 Å². The first-order valence-electron chi connectivity index (χ1n) is 6.97. The van der Waals surface area contributed by atoms with Crippen LogP contribution in [-0.4, -0.2) is 30.2 Å². The molecule has 2 nitrogen and oxygen atoms in total. The summed E-state index contributed by atoms with van der Waals surface area (Å²) in [6.45, 7) is 6.44. The number of alkyl halides is 1. The summed E-state index contributed by atoms with van der Waals surface area (Å²) in [5.41, 5.74) is 0.0449. The maximum atomic E-state index is 6.46. The summed E-state index contributed by atoms with van der Waals surface area (Å²) in [7, 11) is 0. The van der Waals surface area contributed by atoms with Crippen LogP contribution in [-0.2, 0) is 9.47 Å². The Bertz CT molecular complexity index is 238. The number of ether oxygens (including phenoxy) is 2. The Morgan fingerprint density at radius 3 is 2.47 bits per heavy atom. The van der Waals surface area contributed by atoms with Crippen molar-refractivity contribution >= 4 is 15.9 Å². The number of hydrogen-bond donors (Lipinski definition) is 0. The van der Waals surface area contributed by atoms with Gasteiger partial charge < -0.3 is 9.47 Å². The third-order valence-corrected chi connectivity index (χ3v) is 5.64. The van der Waals surface area contributed by atoms with E-state index in [0.717, 1.165) is 43.2 Å². The molecule has 1 saturated carbocycles. The van der Waals surface area contributed by atoms with E-state index in [9.17, 15) is 0 Å². The lowest BCUT2D eigenvalue weighted by Crippen LogP contribution is -2.45. The summed E-state index contributed by atoms with van der Waals surface area (Å²) in [4.78, 5) is 0. The van der Waals surface area contributed by atoms with Gasteiger partial charge in [-0.1, -0.05) is 29.8 Å². The molecule has 1 aliphatic heterocycles. The molecule has 1 saturated heterocycles. The number of hydrogen-bond acceptors (Lipinski definition) is 2. The maximum Gasteiger partial charge on any atom is 0.0826 e. The average molecular weight is 305 g/mol. The van der Waals surface area contributed by atoms with Crippen LogP contribution < -0.4 is 0 Å². The summed E-state index contributed by atoms with van der Waals surface area (Å²) < 4.78 is 11.9. The minimum Gasteiger partial charge on any atom is -0.381 e. The Hall–Kier alpha value is 0.400. The van der Waals surface area contributed by atoms with Crippen molar-refractivity contribution in [2.75, 3.05) is 18.5 Å². The Morgan fingerprint density at radius 2 is 1.88 bits per heavy atom. The topological polar surface area (TPSA) is 18.5 Å². The van der Waals surface area contributed by atoms with Crippen LogP contribution in [0.15, 0.2) is 0 Å². The summed E-state index contributed by atoms with van der Waals surface area (Å²) in [5.74, 6) is 1.67. The van der Waals surface area contributed by atoms with Gasteiger partial charge in [0.05, 0.1) is 11.7 Å². The zero-order chi connectivity index (χ0) is 12.3. The van der Waals surface area contributed by atoms with Gasteiger partial charge in [-0.15, -0.1) is 0 Å². The molecule has 0 spiro atoms. The highest BCUT2D eigenvalue weighted by Gasteiger charge is 2.37. The van der Waals surface area contributed by atoms with Gasteiger partial charge in [0.15, 0.2) is 0 Å². The summed E-state index contributed by atoms with van der Waals surface area (Å²) >= 11 is 3.64.